The Morgan fingerprint density at radius 3 is 2.31 bits per heavy atom. The molecule has 9 heteroatoms. The summed E-state index contributed by atoms with van der Waals surface area (Å²) in [6, 6.07) is 11.1. The summed E-state index contributed by atoms with van der Waals surface area (Å²) >= 11 is 9.39. The number of piperazine rings is 1. The van der Waals surface area contributed by atoms with Gasteiger partial charge < -0.3 is 9.80 Å². The number of hydrogen-bond acceptors (Lipinski definition) is 4. The molecular formula is C20H21BrClN3O3S. The predicted octanol–water partition coefficient (Wildman–Crippen LogP) is 3.52. The van der Waals surface area contributed by atoms with Crippen molar-refractivity contribution < 1.29 is 13.2 Å². The molecule has 0 saturated carbocycles. The molecule has 0 spiro atoms. The number of sulfonamides is 1. The first-order valence-electron chi connectivity index (χ1n) is 9.38. The summed E-state index contributed by atoms with van der Waals surface area (Å²) in [5.41, 5.74) is 2.44. The lowest BCUT2D eigenvalue weighted by Crippen LogP contribution is -2.48. The Bertz CT molecular complexity index is 1050. The van der Waals surface area contributed by atoms with Crippen molar-refractivity contribution in [1.29, 1.82) is 0 Å². The second kappa shape index (κ2) is 7.91. The van der Waals surface area contributed by atoms with Gasteiger partial charge in [-0.1, -0.05) is 27.5 Å². The minimum absolute atomic E-state index is 0.143. The largest absolute Gasteiger partial charge is 0.369 e. The average Bonchev–Trinajstić information content (AvgIpc) is 3.12. The second-order valence-electron chi connectivity index (χ2n) is 7.20. The molecule has 0 unspecified atom stereocenters. The van der Waals surface area contributed by atoms with E-state index in [1.54, 1.807) is 11.0 Å². The minimum Gasteiger partial charge on any atom is -0.369 e. The maximum Gasteiger partial charge on any atom is 0.245 e. The molecule has 6 nitrogen and oxygen atoms in total. The van der Waals surface area contributed by atoms with Crippen molar-refractivity contribution in [3.8, 4) is 0 Å². The Morgan fingerprint density at radius 2 is 1.69 bits per heavy atom. The Morgan fingerprint density at radius 1 is 1.03 bits per heavy atom. The van der Waals surface area contributed by atoms with Crippen LogP contribution in [0.1, 0.15) is 12.5 Å². The zero-order valence-corrected chi connectivity index (χ0v) is 19.1. The molecule has 1 amide bonds. The van der Waals surface area contributed by atoms with Crippen molar-refractivity contribution in [2.45, 2.75) is 18.2 Å². The zero-order chi connectivity index (χ0) is 20.8. The highest BCUT2D eigenvalue weighted by Crippen LogP contribution is 2.39. The minimum atomic E-state index is -3.73. The van der Waals surface area contributed by atoms with Crippen LogP contribution < -0.4 is 9.80 Å². The van der Waals surface area contributed by atoms with Gasteiger partial charge in [-0.2, -0.15) is 4.31 Å². The lowest BCUT2D eigenvalue weighted by Gasteiger charge is -2.36. The topological polar surface area (TPSA) is 60.9 Å². The molecule has 0 atom stereocenters. The third-order valence-electron chi connectivity index (χ3n) is 5.42. The molecule has 2 aromatic carbocycles. The van der Waals surface area contributed by atoms with Crippen LogP contribution >= 0.6 is 27.5 Å². The van der Waals surface area contributed by atoms with Gasteiger partial charge in [-0.3, -0.25) is 4.79 Å². The number of amides is 1. The van der Waals surface area contributed by atoms with Gasteiger partial charge in [-0.05, 0) is 48.4 Å². The van der Waals surface area contributed by atoms with E-state index < -0.39 is 10.0 Å². The molecule has 1 saturated heterocycles. The summed E-state index contributed by atoms with van der Waals surface area (Å²) in [7, 11) is -3.73. The maximum absolute atomic E-state index is 13.5. The van der Waals surface area contributed by atoms with Crippen LogP contribution in [-0.2, 0) is 21.2 Å². The molecule has 0 N–H and O–H groups in total. The van der Waals surface area contributed by atoms with Gasteiger partial charge in [0.2, 0.25) is 15.9 Å². The molecule has 4 rings (SSSR count). The van der Waals surface area contributed by atoms with E-state index in [-0.39, 0.29) is 10.8 Å². The fourth-order valence-electron chi connectivity index (χ4n) is 3.96. The molecule has 0 radical (unpaired) electrons. The number of carbonyl (C=O) groups excluding carboxylic acids is 1. The van der Waals surface area contributed by atoms with Crippen molar-refractivity contribution in [3.63, 3.8) is 0 Å². The number of nitrogens with zero attached hydrogens (tertiary/aromatic N) is 3. The van der Waals surface area contributed by atoms with Crippen molar-refractivity contribution in [3.05, 3.63) is 51.5 Å². The normalized spacial score (nSPS) is 17.5. The van der Waals surface area contributed by atoms with Crippen LogP contribution in [-0.4, -0.2) is 51.4 Å². The summed E-state index contributed by atoms with van der Waals surface area (Å²) < 4.78 is 29.2. The smallest absolute Gasteiger partial charge is 0.245 e. The first kappa shape index (κ1) is 20.7. The van der Waals surface area contributed by atoms with E-state index in [4.69, 9.17) is 11.6 Å². The van der Waals surface area contributed by atoms with Crippen LogP contribution in [0.15, 0.2) is 45.8 Å². The van der Waals surface area contributed by atoms with E-state index in [0.717, 1.165) is 11.3 Å². The van der Waals surface area contributed by atoms with Gasteiger partial charge in [0.25, 0.3) is 0 Å². The van der Waals surface area contributed by atoms with Crippen molar-refractivity contribution in [1.82, 2.24) is 4.31 Å². The van der Waals surface area contributed by atoms with Crippen LogP contribution in [0, 0.1) is 0 Å². The predicted molar refractivity (Wildman–Crippen MR) is 118 cm³/mol. The Labute approximate surface area is 184 Å². The maximum atomic E-state index is 13.5. The summed E-state index contributed by atoms with van der Waals surface area (Å²) in [5.74, 6) is -0.143. The number of benzene rings is 2. The Kier molecular flexibility index (Phi) is 5.63. The number of fused-ring (bicyclic) bond motifs is 1. The molecule has 154 valence electrons. The first-order valence-corrected chi connectivity index (χ1v) is 12.0. The highest BCUT2D eigenvalue weighted by atomic mass is 79.9. The van der Waals surface area contributed by atoms with E-state index in [1.807, 2.05) is 30.3 Å². The zero-order valence-electron chi connectivity index (χ0n) is 15.9. The van der Waals surface area contributed by atoms with Crippen LogP contribution in [0.2, 0.25) is 5.02 Å². The summed E-state index contributed by atoms with van der Waals surface area (Å²) in [4.78, 5) is 16.0. The molecular weight excluding hydrogens is 478 g/mol. The van der Waals surface area contributed by atoms with Crippen molar-refractivity contribution >= 4 is 54.8 Å². The molecule has 2 aromatic rings. The third kappa shape index (κ3) is 3.91. The van der Waals surface area contributed by atoms with E-state index in [0.29, 0.717) is 54.3 Å². The van der Waals surface area contributed by atoms with Crippen LogP contribution in [0.25, 0.3) is 0 Å². The number of halogens is 2. The van der Waals surface area contributed by atoms with E-state index in [2.05, 4.69) is 20.8 Å². The number of hydrogen-bond donors (Lipinski definition) is 0. The van der Waals surface area contributed by atoms with Gasteiger partial charge in [-0.15, -0.1) is 0 Å². The fraction of sp³-hybridized carbons (Fsp3) is 0.350. The SMILES string of the molecule is CC(=O)N1CCc2cc(Br)cc(S(=O)(=O)N3CCN(c4ccc(Cl)cc4)CC3)c21. The average molecular weight is 499 g/mol. The fourth-order valence-corrected chi connectivity index (χ4v) is 6.42. The van der Waals surface area contributed by atoms with E-state index in [1.165, 1.54) is 11.2 Å². The van der Waals surface area contributed by atoms with Crippen LogP contribution in [0.3, 0.4) is 0 Å². The van der Waals surface area contributed by atoms with Gasteiger partial charge >= 0.3 is 0 Å². The van der Waals surface area contributed by atoms with Crippen molar-refractivity contribution in [2.24, 2.45) is 0 Å². The molecule has 0 aliphatic carbocycles. The second-order valence-corrected chi connectivity index (χ2v) is 10.5. The highest BCUT2D eigenvalue weighted by Gasteiger charge is 2.35. The lowest BCUT2D eigenvalue weighted by atomic mass is 10.2. The lowest BCUT2D eigenvalue weighted by molar-refractivity contribution is -0.116. The van der Waals surface area contributed by atoms with Gasteiger partial charge in [0.05, 0.1) is 5.69 Å². The number of anilines is 2. The first-order chi connectivity index (χ1) is 13.8. The summed E-state index contributed by atoms with van der Waals surface area (Å²) in [6.45, 7) is 3.92. The molecule has 29 heavy (non-hydrogen) atoms. The third-order valence-corrected chi connectivity index (χ3v) is 8.04. The molecule has 2 aliphatic rings. The molecule has 0 aromatic heterocycles. The highest BCUT2D eigenvalue weighted by molar-refractivity contribution is 9.10. The standard InChI is InChI=1S/C20H21BrClN3O3S/c1-14(26)25-7-6-15-12-16(21)13-19(20(15)25)29(27,28)24-10-8-23(9-11-24)18-4-2-17(22)3-5-18/h2-5,12-13H,6-11H2,1H3. The number of rotatable bonds is 3. The van der Waals surface area contributed by atoms with Gasteiger partial charge in [0.15, 0.2) is 0 Å². The summed E-state index contributed by atoms with van der Waals surface area (Å²) in [6.07, 6.45) is 0.654. The Hall–Kier alpha value is -1.61. The molecule has 1 fully saturated rings. The quantitative estimate of drug-likeness (QED) is 0.650. The van der Waals surface area contributed by atoms with Crippen LogP contribution in [0.5, 0.6) is 0 Å². The molecule has 2 aliphatic heterocycles. The van der Waals surface area contributed by atoms with Crippen LogP contribution in [0.4, 0.5) is 11.4 Å². The Balaban J connectivity index is 1.61. The van der Waals surface area contributed by atoms with Crippen molar-refractivity contribution in [2.75, 3.05) is 42.5 Å². The number of carbonyl (C=O) groups is 1. The van der Waals surface area contributed by atoms with Gasteiger partial charge in [-0.25, -0.2) is 8.42 Å². The van der Waals surface area contributed by atoms with Gasteiger partial charge in [0, 0.05) is 54.8 Å². The molecule has 0 bridgehead atoms. The monoisotopic (exact) mass is 497 g/mol. The summed E-state index contributed by atoms with van der Waals surface area (Å²) in [5, 5.41) is 0.675. The van der Waals surface area contributed by atoms with E-state index in [9.17, 15) is 13.2 Å². The van der Waals surface area contributed by atoms with E-state index >= 15 is 0 Å². The van der Waals surface area contributed by atoms with Gasteiger partial charge in [0.1, 0.15) is 4.90 Å². The molecule has 2 heterocycles.